The lowest BCUT2D eigenvalue weighted by Gasteiger charge is -2.09. The predicted octanol–water partition coefficient (Wildman–Crippen LogP) is 3.94. The van der Waals surface area contributed by atoms with Crippen LogP contribution >= 0.6 is 28.1 Å². The van der Waals surface area contributed by atoms with Gasteiger partial charge in [0.2, 0.25) is 0 Å². The number of ether oxygens (including phenoxy) is 1. The summed E-state index contributed by atoms with van der Waals surface area (Å²) in [4.78, 5) is 0.0967. The van der Waals surface area contributed by atoms with E-state index in [1.54, 1.807) is 12.1 Å². The number of benzene rings is 2. The molecule has 6 heteroatoms. The topological polar surface area (TPSA) is 35.2 Å². The van der Waals surface area contributed by atoms with E-state index in [0.29, 0.717) is 15.6 Å². The Hall–Kier alpha value is -1.53. The van der Waals surface area contributed by atoms with E-state index in [-0.39, 0.29) is 17.3 Å². The van der Waals surface area contributed by atoms with E-state index in [0.717, 1.165) is 0 Å². The third kappa shape index (κ3) is 3.74. The van der Waals surface area contributed by atoms with E-state index < -0.39 is 11.6 Å². The van der Waals surface area contributed by atoms with Crippen molar-refractivity contribution in [3.8, 4) is 5.75 Å². The second-order valence-corrected chi connectivity index (χ2v) is 5.43. The molecular weight excluding hydrogens is 348 g/mol. The Morgan fingerprint density at radius 3 is 2.65 bits per heavy atom. The standard InChI is InChI=1S/C14H10BrF2NOS/c15-10-1-2-12(17)13(6-10)19-7-8-3-9(14(18)20)5-11(16)4-8/h1-6H,7H2,(H2,18,20). The van der Waals surface area contributed by atoms with Gasteiger partial charge in [0.25, 0.3) is 0 Å². The van der Waals surface area contributed by atoms with E-state index in [4.69, 9.17) is 22.7 Å². The number of thiocarbonyl (C=S) groups is 1. The molecule has 0 aliphatic carbocycles. The van der Waals surface area contributed by atoms with Crippen LogP contribution in [0.2, 0.25) is 0 Å². The molecule has 2 nitrogen and oxygen atoms in total. The second kappa shape index (κ2) is 6.28. The van der Waals surface area contributed by atoms with Crippen molar-refractivity contribution in [3.05, 3.63) is 63.6 Å². The van der Waals surface area contributed by atoms with Crippen molar-refractivity contribution in [2.45, 2.75) is 6.61 Å². The lowest BCUT2D eigenvalue weighted by Crippen LogP contribution is -2.10. The van der Waals surface area contributed by atoms with E-state index in [2.05, 4.69) is 15.9 Å². The fraction of sp³-hybridized carbons (Fsp3) is 0.0714. The van der Waals surface area contributed by atoms with Gasteiger partial charge in [-0.25, -0.2) is 8.78 Å². The highest BCUT2D eigenvalue weighted by Crippen LogP contribution is 2.23. The van der Waals surface area contributed by atoms with Crippen molar-refractivity contribution in [1.82, 2.24) is 0 Å². The average Bonchev–Trinajstić information content (AvgIpc) is 2.39. The minimum atomic E-state index is -0.487. The zero-order chi connectivity index (χ0) is 14.7. The van der Waals surface area contributed by atoms with Crippen LogP contribution in [-0.4, -0.2) is 4.99 Å². The molecular formula is C14H10BrF2NOS. The lowest BCUT2D eigenvalue weighted by molar-refractivity contribution is 0.289. The van der Waals surface area contributed by atoms with Crippen LogP contribution in [0.25, 0.3) is 0 Å². The van der Waals surface area contributed by atoms with Crippen molar-refractivity contribution in [3.63, 3.8) is 0 Å². The average molecular weight is 358 g/mol. The van der Waals surface area contributed by atoms with Crippen molar-refractivity contribution in [1.29, 1.82) is 0 Å². The molecule has 0 heterocycles. The molecule has 0 atom stereocenters. The van der Waals surface area contributed by atoms with Gasteiger partial charge in [-0.05, 0) is 42.0 Å². The molecule has 0 fully saturated rings. The molecule has 0 saturated heterocycles. The monoisotopic (exact) mass is 357 g/mol. The van der Waals surface area contributed by atoms with E-state index in [1.165, 1.54) is 24.3 Å². The van der Waals surface area contributed by atoms with Gasteiger partial charge >= 0.3 is 0 Å². The van der Waals surface area contributed by atoms with E-state index in [1.807, 2.05) is 0 Å². The quantitative estimate of drug-likeness (QED) is 0.841. The summed E-state index contributed by atoms with van der Waals surface area (Å²) in [5.74, 6) is -0.872. The molecule has 0 amide bonds. The first-order valence-corrected chi connectivity index (χ1v) is 6.83. The smallest absolute Gasteiger partial charge is 0.165 e. The Morgan fingerprint density at radius 1 is 1.20 bits per heavy atom. The molecule has 0 unspecified atom stereocenters. The summed E-state index contributed by atoms with van der Waals surface area (Å²) in [6.07, 6.45) is 0. The highest BCUT2D eigenvalue weighted by Gasteiger charge is 2.07. The Balaban J connectivity index is 2.18. The van der Waals surface area contributed by atoms with E-state index in [9.17, 15) is 8.78 Å². The van der Waals surface area contributed by atoms with Crippen LogP contribution < -0.4 is 10.5 Å². The van der Waals surface area contributed by atoms with Crippen LogP contribution in [0.5, 0.6) is 5.75 Å². The molecule has 2 aromatic rings. The number of hydrogen-bond acceptors (Lipinski definition) is 2. The van der Waals surface area contributed by atoms with Crippen LogP contribution in [0.3, 0.4) is 0 Å². The summed E-state index contributed by atoms with van der Waals surface area (Å²) in [5.41, 5.74) is 6.39. The van der Waals surface area contributed by atoms with Gasteiger partial charge in [0, 0.05) is 10.0 Å². The first kappa shape index (κ1) is 14.9. The maximum absolute atomic E-state index is 13.5. The van der Waals surface area contributed by atoms with Crippen LogP contribution in [0.15, 0.2) is 40.9 Å². The minimum Gasteiger partial charge on any atom is -0.486 e. The zero-order valence-corrected chi connectivity index (χ0v) is 12.6. The SMILES string of the molecule is NC(=S)c1cc(F)cc(COc2cc(Br)ccc2F)c1. The van der Waals surface area contributed by atoms with Crippen molar-refractivity contribution < 1.29 is 13.5 Å². The van der Waals surface area contributed by atoms with Crippen LogP contribution in [0, 0.1) is 11.6 Å². The molecule has 2 N–H and O–H groups in total. The van der Waals surface area contributed by atoms with Crippen molar-refractivity contribution in [2.24, 2.45) is 5.73 Å². The summed E-state index contributed by atoms with van der Waals surface area (Å²) >= 11 is 8.03. The van der Waals surface area contributed by atoms with Gasteiger partial charge in [-0.15, -0.1) is 0 Å². The van der Waals surface area contributed by atoms with Crippen molar-refractivity contribution in [2.75, 3.05) is 0 Å². The van der Waals surface area contributed by atoms with Gasteiger partial charge < -0.3 is 10.5 Å². The molecule has 20 heavy (non-hydrogen) atoms. The maximum Gasteiger partial charge on any atom is 0.165 e. The van der Waals surface area contributed by atoms with Gasteiger partial charge in [0.05, 0.1) is 0 Å². The van der Waals surface area contributed by atoms with E-state index >= 15 is 0 Å². The molecule has 0 saturated carbocycles. The molecule has 104 valence electrons. The number of nitrogens with two attached hydrogens (primary N) is 1. The largest absolute Gasteiger partial charge is 0.486 e. The second-order valence-electron chi connectivity index (χ2n) is 4.08. The summed E-state index contributed by atoms with van der Waals surface area (Å²) in [7, 11) is 0. The zero-order valence-electron chi connectivity index (χ0n) is 10.2. The Kier molecular flexibility index (Phi) is 4.67. The molecule has 2 aromatic carbocycles. The number of hydrogen-bond donors (Lipinski definition) is 1. The third-order valence-corrected chi connectivity index (χ3v) is 3.26. The lowest BCUT2D eigenvalue weighted by atomic mass is 10.1. The Bertz CT molecular complexity index is 664. The minimum absolute atomic E-state index is 0.0146. The maximum atomic E-state index is 13.5. The summed E-state index contributed by atoms with van der Waals surface area (Å²) < 4.78 is 32.9. The summed E-state index contributed by atoms with van der Waals surface area (Å²) in [6.45, 7) is 0.0146. The fourth-order valence-corrected chi connectivity index (χ4v) is 2.08. The molecule has 0 aliphatic rings. The third-order valence-electron chi connectivity index (χ3n) is 2.53. The first-order chi connectivity index (χ1) is 9.45. The molecule has 2 rings (SSSR count). The number of halogens is 3. The van der Waals surface area contributed by atoms with Crippen LogP contribution in [0.1, 0.15) is 11.1 Å². The predicted molar refractivity (Wildman–Crippen MR) is 80.7 cm³/mol. The van der Waals surface area contributed by atoms with Gasteiger partial charge in [-0.3, -0.25) is 0 Å². The molecule has 0 spiro atoms. The molecule has 0 bridgehead atoms. The Morgan fingerprint density at radius 2 is 1.95 bits per heavy atom. The molecule has 0 aliphatic heterocycles. The van der Waals surface area contributed by atoms with Crippen LogP contribution in [0.4, 0.5) is 8.78 Å². The highest BCUT2D eigenvalue weighted by atomic mass is 79.9. The number of rotatable bonds is 4. The van der Waals surface area contributed by atoms with Gasteiger partial charge in [0.15, 0.2) is 11.6 Å². The highest BCUT2D eigenvalue weighted by molar-refractivity contribution is 9.10. The summed E-state index contributed by atoms with van der Waals surface area (Å²) in [5, 5.41) is 0. The summed E-state index contributed by atoms with van der Waals surface area (Å²) in [6, 6.07) is 8.49. The normalized spacial score (nSPS) is 10.3. The molecule has 0 aromatic heterocycles. The first-order valence-electron chi connectivity index (χ1n) is 5.63. The fourth-order valence-electron chi connectivity index (χ4n) is 1.62. The van der Waals surface area contributed by atoms with Gasteiger partial charge in [0.1, 0.15) is 17.4 Å². The Labute approximate surface area is 128 Å². The van der Waals surface area contributed by atoms with Gasteiger partial charge in [-0.2, -0.15) is 0 Å². The van der Waals surface area contributed by atoms with Gasteiger partial charge in [-0.1, -0.05) is 28.1 Å². The molecule has 0 radical (unpaired) electrons. The van der Waals surface area contributed by atoms with Crippen molar-refractivity contribution >= 4 is 33.1 Å². The van der Waals surface area contributed by atoms with Crippen LogP contribution in [-0.2, 0) is 6.61 Å².